The van der Waals surface area contributed by atoms with E-state index in [9.17, 15) is 5.11 Å². The fraction of sp³-hybridized carbons (Fsp3) is 0.556. The van der Waals surface area contributed by atoms with Gasteiger partial charge in [0.2, 0.25) is 0 Å². The van der Waals surface area contributed by atoms with Gasteiger partial charge in [0, 0.05) is 5.56 Å². The number of thiophene rings is 1. The van der Waals surface area contributed by atoms with Crippen LogP contribution in [0.4, 0.5) is 0 Å². The highest BCUT2D eigenvalue weighted by Gasteiger charge is 2.13. The van der Waals surface area contributed by atoms with Crippen LogP contribution in [-0.2, 0) is 0 Å². The lowest BCUT2D eigenvalue weighted by atomic mass is 10.0. The first-order chi connectivity index (χ1) is 5.61. The summed E-state index contributed by atoms with van der Waals surface area (Å²) >= 11 is 7.34. The van der Waals surface area contributed by atoms with Crippen LogP contribution >= 0.6 is 22.9 Å². The molecule has 1 N–H and O–H groups in total. The molecule has 1 aromatic heterocycles. The molecule has 0 fully saturated rings. The van der Waals surface area contributed by atoms with E-state index in [1.54, 1.807) is 0 Å². The maximum Gasteiger partial charge on any atom is 0.0986 e. The van der Waals surface area contributed by atoms with Crippen LogP contribution in [0.3, 0.4) is 0 Å². The third kappa shape index (κ3) is 2.47. The van der Waals surface area contributed by atoms with Crippen molar-refractivity contribution in [3.8, 4) is 0 Å². The molecule has 1 rings (SSSR count). The Balaban J connectivity index is 2.65. The Hall–Kier alpha value is -0.0500. The summed E-state index contributed by atoms with van der Waals surface area (Å²) in [6.45, 7) is 4.17. The van der Waals surface area contributed by atoms with Crippen LogP contribution in [0, 0.1) is 5.92 Å². The summed E-state index contributed by atoms with van der Waals surface area (Å²) in [6.07, 6.45) is 0.375. The van der Waals surface area contributed by atoms with Crippen molar-refractivity contribution in [2.24, 2.45) is 5.92 Å². The van der Waals surface area contributed by atoms with Crippen LogP contribution in [0.25, 0.3) is 0 Å². The van der Waals surface area contributed by atoms with Crippen molar-refractivity contribution in [1.29, 1.82) is 0 Å². The van der Waals surface area contributed by atoms with E-state index in [0.29, 0.717) is 10.3 Å². The molecule has 0 aromatic carbocycles. The van der Waals surface area contributed by atoms with Gasteiger partial charge >= 0.3 is 0 Å². The van der Waals surface area contributed by atoms with E-state index in [1.165, 1.54) is 11.3 Å². The molecule has 0 aliphatic rings. The fourth-order valence-electron chi connectivity index (χ4n) is 1.12. The molecule has 1 aromatic rings. The molecule has 12 heavy (non-hydrogen) atoms. The van der Waals surface area contributed by atoms with Gasteiger partial charge in [-0.3, -0.25) is 0 Å². The quantitative estimate of drug-likeness (QED) is 0.800. The normalized spacial score (nSPS) is 13.8. The second-order valence-electron chi connectivity index (χ2n) is 3.29. The predicted octanol–water partition coefficient (Wildman–Crippen LogP) is 3.48. The summed E-state index contributed by atoms with van der Waals surface area (Å²) in [5, 5.41) is 11.6. The summed E-state index contributed by atoms with van der Waals surface area (Å²) in [6, 6.07) is 1.89. The van der Waals surface area contributed by atoms with Gasteiger partial charge in [-0.15, -0.1) is 11.3 Å². The van der Waals surface area contributed by atoms with Gasteiger partial charge in [0.25, 0.3) is 0 Å². The van der Waals surface area contributed by atoms with E-state index < -0.39 is 6.10 Å². The summed E-state index contributed by atoms with van der Waals surface area (Å²) in [4.78, 5) is 0. The van der Waals surface area contributed by atoms with Gasteiger partial charge in [-0.2, -0.15) is 0 Å². The van der Waals surface area contributed by atoms with Crippen LogP contribution in [0.2, 0.25) is 4.34 Å². The van der Waals surface area contributed by atoms with Crippen LogP contribution < -0.4 is 0 Å². The zero-order valence-electron chi connectivity index (χ0n) is 7.25. The van der Waals surface area contributed by atoms with Crippen LogP contribution in [-0.4, -0.2) is 5.11 Å². The molecule has 0 saturated heterocycles. The lowest BCUT2D eigenvalue weighted by Crippen LogP contribution is -2.00. The average molecular weight is 205 g/mol. The lowest BCUT2D eigenvalue weighted by molar-refractivity contribution is 0.151. The number of hydrogen-bond donors (Lipinski definition) is 1. The largest absolute Gasteiger partial charge is 0.388 e. The van der Waals surface area contributed by atoms with Gasteiger partial charge < -0.3 is 5.11 Å². The van der Waals surface area contributed by atoms with E-state index in [2.05, 4.69) is 13.8 Å². The Morgan fingerprint density at radius 1 is 1.58 bits per heavy atom. The predicted molar refractivity (Wildman–Crippen MR) is 53.7 cm³/mol. The number of aliphatic hydroxyl groups is 1. The minimum Gasteiger partial charge on any atom is -0.388 e. The Morgan fingerprint density at radius 3 is 2.67 bits per heavy atom. The first kappa shape index (κ1) is 10.0. The monoisotopic (exact) mass is 204 g/mol. The van der Waals surface area contributed by atoms with E-state index in [-0.39, 0.29) is 0 Å². The fourth-order valence-corrected chi connectivity index (χ4v) is 2.13. The summed E-state index contributed by atoms with van der Waals surface area (Å²) < 4.78 is 0.711. The molecule has 0 aliphatic heterocycles. The summed E-state index contributed by atoms with van der Waals surface area (Å²) in [5.41, 5.74) is 0.871. The Labute approximate surface area is 82.0 Å². The molecule has 0 saturated carbocycles. The van der Waals surface area contributed by atoms with Crippen LogP contribution in [0.1, 0.15) is 31.9 Å². The van der Waals surface area contributed by atoms with Gasteiger partial charge in [-0.05, 0) is 23.8 Å². The molecular weight excluding hydrogens is 192 g/mol. The van der Waals surface area contributed by atoms with Crippen LogP contribution in [0.15, 0.2) is 11.4 Å². The highest BCUT2D eigenvalue weighted by Crippen LogP contribution is 2.31. The van der Waals surface area contributed by atoms with Gasteiger partial charge in [-0.25, -0.2) is 0 Å². The highest BCUT2D eigenvalue weighted by molar-refractivity contribution is 7.14. The Morgan fingerprint density at radius 2 is 2.25 bits per heavy atom. The number of halogens is 1. The van der Waals surface area contributed by atoms with Gasteiger partial charge in [0.05, 0.1) is 10.4 Å². The molecule has 68 valence electrons. The van der Waals surface area contributed by atoms with Crippen molar-refractivity contribution in [2.45, 2.75) is 26.4 Å². The summed E-state index contributed by atoms with van der Waals surface area (Å²) in [5.74, 6) is 0.496. The smallest absolute Gasteiger partial charge is 0.0986 e. The van der Waals surface area contributed by atoms with Crippen molar-refractivity contribution in [3.63, 3.8) is 0 Å². The first-order valence-electron chi connectivity index (χ1n) is 4.02. The second-order valence-corrected chi connectivity index (χ2v) is 4.81. The average Bonchev–Trinajstić information content (AvgIpc) is 2.33. The molecule has 0 bridgehead atoms. The molecule has 3 heteroatoms. The number of aliphatic hydroxyl groups excluding tert-OH is 1. The highest BCUT2D eigenvalue weighted by atomic mass is 35.5. The van der Waals surface area contributed by atoms with Crippen molar-refractivity contribution >= 4 is 22.9 Å². The van der Waals surface area contributed by atoms with Crippen molar-refractivity contribution in [3.05, 3.63) is 21.3 Å². The van der Waals surface area contributed by atoms with E-state index in [1.807, 2.05) is 11.4 Å². The zero-order valence-corrected chi connectivity index (χ0v) is 8.82. The second kappa shape index (κ2) is 4.26. The van der Waals surface area contributed by atoms with E-state index in [4.69, 9.17) is 11.6 Å². The maximum atomic E-state index is 9.68. The van der Waals surface area contributed by atoms with Gasteiger partial charge in [0.1, 0.15) is 0 Å². The third-order valence-corrected chi connectivity index (χ3v) is 2.90. The Bertz CT molecular complexity index is 244. The molecule has 1 unspecified atom stereocenters. The molecule has 1 atom stereocenters. The standard InChI is InChI=1S/C9H13ClOS/c1-6(2)5-8(11)7-3-4-12-9(7)10/h3-4,6,8,11H,5H2,1-2H3. The van der Waals surface area contributed by atoms with Crippen molar-refractivity contribution in [1.82, 2.24) is 0 Å². The summed E-state index contributed by atoms with van der Waals surface area (Å²) in [7, 11) is 0. The third-order valence-electron chi connectivity index (χ3n) is 1.70. The van der Waals surface area contributed by atoms with E-state index >= 15 is 0 Å². The minimum absolute atomic E-state index is 0.399. The molecule has 0 radical (unpaired) electrons. The van der Waals surface area contributed by atoms with Crippen molar-refractivity contribution < 1.29 is 5.11 Å². The molecular formula is C9H13ClOS. The number of hydrogen-bond acceptors (Lipinski definition) is 2. The number of rotatable bonds is 3. The maximum absolute atomic E-state index is 9.68. The topological polar surface area (TPSA) is 20.2 Å². The molecule has 0 spiro atoms. The van der Waals surface area contributed by atoms with Gasteiger partial charge in [-0.1, -0.05) is 25.4 Å². The van der Waals surface area contributed by atoms with Crippen LogP contribution in [0.5, 0.6) is 0 Å². The molecule has 0 aliphatic carbocycles. The Kier molecular flexibility index (Phi) is 3.56. The van der Waals surface area contributed by atoms with Crippen molar-refractivity contribution in [2.75, 3.05) is 0 Å². The van der Waals surface area contributed by atoms with E-state index in [0.717, 1.165) is 12.0 Å². The molecule has 0 amide bonds. The minimum atomic E-state index is -0.399. The molecule has 1 heterocycles. The lowest BCUT2D eigenvalue weighted by Gasteiger charge is -2.11. The van der Waals surface area contributed by atoms with Gasteiger partial charge in [0.15, 0.2) is 0 Å². The first-order valence-corrected chi connectivity index (χ1v) is 5.28. The SMILES string of the molecule is CC(C)CC(O)c1ccsc1Cl. The molecule has 1 nitrogen and oxygen atoms in total. The zero-order chi connectivity index (χ0) is 9.14.